The average molecular weight is 259 g/mol. The van der Waals surface area contributed by atoms with Crippen molar-refractivity contribution in [2.24, 2.45) is 11.8 Å². The maximum Gasteiger partial charge on any atom is 0.0360 e. The highest BCUT2D eigenvalue weighted by Gasteiger charge is 2.20. The molecule has 17 heavy (non-hydrogen) atoms. The van der Waals surface area contributed by atoms with Crippen LogP contribution in [0.25, 0.3) is 0 Å². The fraction of sp³-hybridized carbons (Fsp3) is 1.00. The lowest BCUT2D eigenvalue weighted by atomic mass is 9.89. The zero-order valence-electron chi connectivity index (χ0n) is 11.7. The largest absolute Gasteiger partial charge is 0.313 e. The minimum atomic E-state index is -0.612. The van der Waals surface area contributed by atoms with Gasteiger partial charge in [-0.3, -0.25) is 4.21 Å². The summed E-state index contributed by atoms with van der Waals surface area (Å²) in [6.45, 7) is 7.62. The predicted molar refractivity (Wildman–Crippen MR) is 76.8 cm³/mol. The molecule has 0 aliphatic heterocycles. The van der Waals surface area contributed by atoms with Gasteiger partial charge in [-0.25, -0.2) is 0 Å². The maximum absolute atomic E-state index is 11.3. The number of rotatable bonds is 6. The molecule has 1 fully saturated rings. The Morgan fingerprint density at radius 2 is 2.00 bits per heavy atom. The van der Waals surface area contributed by atoms with Crippen molar-refractivity contribution in [1.29, 1.82) is 0 Å². The van der Waals surface area contributed by atoms with Gasteiger partial charge in [-0.2, -0.15) is 0 Å². The van der Waals surface area contributed by atoms with Gasteiger partial charge in [0, 0.05) is 34.9 Å². The molecule has 0 amide bonds. The molecule has 1 aliphatic rings. The molecule has 3 heteroatoms. The molecule has 1 N–H and O–H groups in total. The van der Waals surface area contributed by atoms with Crippen LogP contribution in [-0.2, 0) is 10.8 Å². The molecule has 102 valence electrons. The van der Waals surface area contributed by atoms with E-state index in [4.69, 9.17) is 0 Å². The third-order valence-corrected chi connectivity index (χ3v) is 5.34. The smallest absolute Gasteiger partial charge is 0.0360 e. The van der Waals surface area contributed by atoms with Crippen molar-refractivity contribution in [3.8, 4) is 0 Å². The van der Waals surface area contributed by atoms with Crippen LogP contribution in [0.2, 0.25) is 0 Å². The van der Waals surface area contributed by atoms with Crippen molar-refractivity contribution >= 4 is 10.8 Å². The van der Waals surface area contributed by atoms with Crippen molar-refractivity contribution < 1.29 is 4.21 Å². The lowest BCUT2D eigenvalue weighted by Gasteiger charge is -2.19. The Morgan fingerprint density at radius 1 is 1.24 bits per heavy atom. The molecular weight excluding hydrogens is 230 g/mol. The standard InChI is InChI=1S/C14H29NOS/c1-4-17(16)11-10-15-14-7-5-6-13(8-9-14)12(2)3/h12-15H,4-11H2,1-3H3. The quantitative estimate of drug-likeness (QED) is 0.743. The Bertz CT molecular complexity index is 230. The van der Waals surface area contributed by atoms with Gasteiger partial charge in [0.15, 0.2) is 0 Å². The van der Waals surface area contributed by atoms with Crippen LogP contribution in [-0.4, -0.2) is 28.3 Å². The van der Waals surface area contributed by atoms with Crippen molar-refractivity contribution in [2.45, 2.75) is 58.9 Å². The van der Waals surface area contributed by atoms with Crippen LogP contribution in [0.15, 0.2) is 0 Å². The van der Waals surface area contributed by atoms with Gasteiger partial charge in [0.05, 0.1) is 0 Å². The maximum atomic E-state index is 11.3. The van der Waals surface area contributed by atoms with E-state index in [2.05, 4.69) is 19.2 Å². The first kappa shape index (κ1) is 15.2. The van der Waals surface area contributed by atoms with E-state index in [0.717, 1.165) is 29.9 Å². The summed E-state index contributed by atoms with van der Waals surface area (Å²) >= 11 is 0. The molecule has 1 aliphatic carbocycles. The zero-order valence-corrected chi connectivity index (χ0v) is 12.5. The number of nitrogens with one attached hydrogen (secondary N) is 1. The van der Waals surface area contributed by atoms with Gasteiger partial charge < -0.3 is 5.32 Å². The normalized spacial score (nSPS) is 28.0. The van der Waals surface area contributed by atoms with Crippen LogP contribution in [0, 0.1) is 11.8 Å². The van der Waals surface area contributed by atoms with Crippen molar-refractivity contribution in [3.63, 3.8) is 0 Å². The second-order valence-corrected chi connectivity index (χ2v) is 7.46. The fourth-order valence-corrected chi connectivity index (χ4v) is 3.36. The summed E-state index contributed by atoms with van der Waals surface area (Å²) in [4.78, 5) is 0. The zero-order chi connectivity index (χ0) is 12.7. The summed E-state index contributed by atoms with van der Waals surface area (Å²) in [5.41, 5.74) is 0. The summed E-state index contributed by atoms with van der Waals surface area (Å²) in [6.07, 6.45) is 6.74. The van der Waals surface area contributed by atoms with E-state index in [-0.39, 0.29) is 0 Å². The van der Waals surface area contributed by atoms with Crippen molar-refractivity contribution in [1.82, 2.24) is 5.32 Å². The topological polar surface area (TPSA) is 29.1 Å². The average Bonchev–Trinajstić information content (AvgIpc) is 2.54. The molecule has 0 saturated heterocycles. The van der Waals surface area contributed by atoms with Crippen LogP contribution < -0.4 is 5.32 Å². The monoisotopic (exact) mass is 259 g/mol. The molecule has 0 aromatic heterocycles. The lowest BCUT2D eigenvalue weighted by molar-refractivity contribution is 0.338. The van der Waals surface area contributed by atoms with Gasteiger partial charge in [-0.15, -0.1) is 0 Å². The molecule has 1 rings (SSSR count). The Hall–Kier alpha value is 0.110. The van der Waals surface area contributed by atoms with E-state index in [0.29, 0.717) is 6.04 Å². The minimum Gasteiger partial charge on any atom is -0.313 e. The van der Waals surface area contributed by atoms with Gasteiger partial charge in [0.25, 0.3) is 0 Å². The molecule has 0 radical (unpaired) electrons. The summed E-state index contributed by atoms with van der Waals surface area (Å²) in [7, 11) is -0.612. The van der Waals surface area contributed by atoms with Gasteiger partial charge in [0.2, 0.25) is 0 Å². The number of hydrogen-bond acceptors (Lipinski definition) is 2. The summed E-state index contributed by atoms with van der Waals surface area (Å²) in [5, 5.41) is 3.59. The molecule has 1 saturated carbocycles. The first-order chi connectivity index (χ1) is 8.13. The molecule has 3 unspecified atom stereocenters. The van der Waals surface area contributed by atoms with Crippen molar-refractivity contribution in [3.05, 3.63) is 0 Å². The summed E-state index contributed by atoms with van der Waals surface area (Å²) < 4.78 is 11.3. The molecular formula is C14H29NOS. The summed E-state index contributed by atoms with van der Waals surface area (Å²) in [5.74, 6) is 3.37. The molecule has 3 atom stereocenters. The van der Waals surface area contributed by atoms with E-state index in [9.17, 15) is 4.21 Å². The fourth-order valence-electron chi connectivity index (χ4n) is 2.72. The molecule has 2 nitrogen and oxygen atoms in total. The first-order valence-corrected chi connectivity index (χ1v) is 8.70. The van der Waals surface area contributed by atoms with Gasteiger partial charge in [-0.05, 0) is 31.1 Å². The minimum absolute atomic E-state index is 0.612. The predicted octanol–water partition coefficient (Wildman–Crippen LogP) is 2.95. The van der Waals surface area contributed by atoms with E-state index >= 15 is 0 Å². The Labute approximate surface area is 109 Å². The molecule has 0 bridgehead atoms. The molecule has 0 spiro atoms. The van der Waals surface area contributed by atoms with Crippen LogP contribution in [0.1, 0.15) is 52.9 Å². The second-order valence-electron chi connectivity index (χ2n) is 5.60. The highest BCUT2D eigenvalue weighted by molar-refractivity contribution is 7.84. The van der Waals surface area contributed by atoms with Crippen LogP contribution in [0.4, 0.5) is 0 Å². The van der Waals surface area contributed by atoms with Gasteiger partial charge in [-0.1, -0.05) is 33.6 Å². The Morgan fingerprint density at radius 3 is 2.65 bits per heavy atom. The van der Waals surface area contributed by atoms with E-state index < -0.39 is 10.8 Å². The van der Waals surface area contributed by atoms with Gasteiger partial charge >= 0.3 is 0 Å². The molecule has 0 aromatic rings. The van der Waals surface area contributed by atoms with Crippen molar-refractivity contribution in [2.75, 3.05) is 18.1 Å². The lowest BCUT2D eigenvalue weighted by Crippen LogP contribution is -2.32. The third kappa shape index (κ3) is 6.01. The third-order valence-electron chi connectivity index (χ3n) is 4.04. The molecule has 0 heterocycles. The number of hydrogen-bond donors (Lipinski definition) is 1. The van der Waals surface area contributed by atoms with E-state index in [1.165, 1.54) is 32.1 Å². The van der Waals surface area contributed by atoms with E-state index in [1.807, 2.05) is 6.92 Å². The van der Waals surface area contributed by atoms with Crippen LogP contribution in [0.3, 0.4) is 0 Å². The van der Waals surface area contributed by atoms with Crippen LogP contribution in [0.5, 0.6) is 0 Å². The first-order valence-electron chi connectivity index (χ1n) is 7.21. The Balaban J connectivity index is 2.20. The Kier molecular flexibility index (Phi) is 7.36. The van der Waals surface area contributed by atoms with Gasteiger partial charge in [0.1, 0.15) is 0 Å². The van der Waals surface area contributed by atoms with E-state index in [1.54, 1.807) is 0 Å². The summed E-state index contributed by atoms with van der Waals surface area (Å²) in [6, 6.07) is 0.674. The van der Waals surface area contributed by atoms with Crippen LogP contribution >= 0.6 is 0 Å². The SMILES string of the molecule is CCS(=O)CCNC1CCCC(C(C)C)CC1. The molecule has 0 aromatic carbocycles. The highest BCUT2D eigenvalue weighted by Crippen LogP contribution is 2.28. The highest BCUT2D eigenvalue weighted by atomic mass is 32.2. The second kappa shape index (κ2) is 8.25.